The van der Waals surface area contributed by atoms with Gasteiger partial charge < -0.3 is 16.2 Å². The number of rotatable bonds is 3. The van der Waals surface area contributed by atoms with Gasteiger partial charge in [-0.25, -0.2) is 4.98 Å². The van der Waals surface area contributed by atoms with E-state index >= 15 is 0 Å². The molecule has 0 saturated carbocycles. The van der Waals surface area contributed by atoms with E-state index < -0.39 is 0 Å². The topological polar surface area (TPSA) is 105 Å². The largest absolute Gasteiger partial charge is 0.482 e. The van der Waals surface area contributed by atoms with Gasteiger partial charge in [0.05, 0.1) is 11.7 Å². The van der Waals surface area contributed by atoms with E-state index in [1.54, 1.807) is 0 Å². The third kappa shape index (κ3) is 2.09. The Kier molecular flexibility index (Phi) is 2.86. The lowest BCUT2D eigenvalue weighted by Crippen LogP contribution is -2.04. The van der Waals surface area contributed by atoms with Crippen molar-refractivity contribution < 1.29 is 4.74 Å². The zero-order chi connectivity index (χ0) is 14.1. The highest BCUT2D eigenvalue weighted by atomic mass is 16.5. The number of aromatic nitrogens is 4. The van der Waals surface area contributed by atoms with Crippen molar-refractivity contribution in [1.82, 2.24) is 19.7 Å². The van der Waals surface area contributed by atoms with E-state index in [-0.39, 0.29) is 11.8 Å². The number of fused-ring (bicyclic) bond motifs is 1. The van der Waals surface area contributed by atoms with Crippen LogP contribution >= 0.6 is 0 Å². The molecule has 0 bridgehead atoms. The second-order valence-electron chi connectivity index (χ2n) is 4.35. The second-order valence-corrected chi connectivity index (χ2v) is 4.35. The molecule has 0 aliphatic carbocycles. The van der Waals surface area contributed by atoms with Crippen molar-refractivity contribution in [2.24, 2.45) is 7.05 Å². The minimum Gasteiger partial charge on any atom is -0.482 e. The quantitative estimate of drug-likeness (QED) is 0.738. The number of para-hydroxylation sites is 1. The zero-order valence-corrected chi connectivity index (χ0v) is 10.9. The lowest BCUT2D eigenvalue weighted by molar-refractivity contribution is 0.301. The number of hydrogen-bond donors (Lipinski definition) is 2. The van der Waals surface area contributed by atoms with Gasteiger partial charge in [0, 0.05) is 12.4 Å². The molecule has 0 fully saturated rings. The Bertz CT molecular complexity index is 767. The van der Waals surface area contributed by atoms with Crippen LogP contribution in [0.1, 0.15) is 5.69 Å². The molecule has 0 amide bonds. The summed E-state index contributed by atoms with van der Waals surface area (Å²) in [6.07, 6.45) is 1.46. The minimum atomic E-state index is 0.123. The average Bonchev–Trinajstić information content (AvgIpc) is 2.75. The summed E-state index contributed by atoms with van der Waals surface area (Å²) in [6, 6.07) is 7.95. The molecule has 3 aromatic rings. The highest BCUT2D eigenvalue weighted by Gasteiger charge is 2.10. The Hall–Kier alpha value is -2.83. The van der Waals surface area contributed by atoms with Crippen LogP contribution in [0.5, 0.6) is 5.75 Å². The summed E-state index contributed by atoms with van der Waals surface area (Å²) in [7, 11) is 1.90. The molecule has 2 aromatic heterocycles. The molecule has 0 saturated heterocycles. The van der Waals surface area contributed by atoms with E-state index in [9.17, 15) is 0 Å². The maximum absolute atomic E-state index is 5.72. The summed E-state index contributed by atoms with van der Waals surface area (Å²) >= 11 is 0. The highest BCUT2D eigenvalue weighted by molar-refractivity contribution is 5.81. The summed E-state index contributed by atoms with van der Waals surface area (Å²) < 4.78 is 7.43. The predicted molar refractivity (Wildman–Crippen MR) is 75.9 cm³/mol. The van der Waals surface area contributed by atoms with Gasteiger partial charge in [-0.1, -0.05) is 18.2 Å². The fourth-order valence-corrected chi connectivity index (χ4v) is 2.05. The number of benzene rings is 1. The van der Waals surface area contributed by atoms with Gasteiger partial charge in [0.1, 0.15) is 12.3 Å². The van der Waals surface area contributed by atoms with E-state index in [4.69, 9.17) is 16.2 Å². The van der Waals surface area contributed by atoms with Crippen LogP contribution in [0.4, 0.5) is 11.8 Å². The molecule has 0 radical (unpaired) electrons. The van der Waals surface area contributed by atoms with Gasteiger partial charge in [0.25, 0.3) is 0 Å². The van der Waals surface area contributed by atoms with Crippen LogP contribution in [0.3, 0.4) is 0 Å². The maximum atomic E-state index is 5.72. The molecule has 7 nitrogen and oxygen atoms in total. The van der Waals surface area contributed by atoms with Crippen LogP contribution in [0.15, 0.2) is 30.5 Å². The Labute approximate surface area is 115 Å². The fraction of sp³-hybridized carbons (Fsp3) is 0.154. The first-order valence-corrected chi connectivity index (χ1v) is 6.06. The monoisotopic (exact) mass is 270 g/mol. The first kappa shape index (κ1) is 12.2. The van der Waals surface area contributed by atoms with Crippen LogP contribution in [-0.4, -0.2) is 19.7 Å². The van der Waals surface area contributed by atoms with Gasteiger partial charge in [-0.3, -0.25) is 4.68 Å². The summed E-state index contributed by atoms with van der Waals surface area (Å²) in [5.74, 6) is 0.741. The Morgan fingerprint density at radius 1 is 1.25 bits per heavy atom. The zero-order valence-electron chi connectivity index (χ0n) is 10.9. The molecular weight excluding hydrogens is 256 g/mol. The highest BCUT2D eigenvalue weighted by Crippen LogP contribution is 2.22. The van der Waals surface area contributed by atoms with Crippen molar-refractivity contribution in [3.05, 3.63) is 36.2 Å². The number of nitrogens with two attached hydrogens (primary N) is 2. The molecule has 0 aliphatic rings. The second kappa shape index (κ2) is 4.69. The summed E-state index contributed by atoms with van der Waals surface area (Å²) in [5, 5.41) is 5.48. The lowest BCUT2D eigenvalue weighted by Gasteiger charge is -2.06. The maximum Gasteiger partial charge on any atom is 0.222 e. The molecule has 2 heterocycles. The normalized spacial score (nSPS) is 10.8. The fourth-order valence-electron chi connectivity index (χ4n) is 2.05. The van der Waals surface area contributed by atoms with Crippen LogP contribution in [0, 0.1) is 0 Å². The van der Waals surface area contributed by atoms with Gasteiger partial charge in [-0.2, -0.15) is 10.1 Å². The van der Waals surface area contributed by atoms with E-state index in [0.29, 0.717) is 12.4 Å². The smallest absolute Gasteiger partial charge is 0.222 e. The van der Waals surface area contributed by atoms with Crippen molar-refractivity contribution in [3.63, 3.8) is 0 Å². The average molecular weight is 270 g/mol. The van der Waals surface area contributed by atoms with Gasteiger partial charge in [-0.05, 0) is 6.07 Å². The van der Waals surface area contributed by atoms with Crippen molar-refractivity contribution in [2.45, 2.75) is 6.61 Å². The van der Waals surface area contributed by atoms with E-state index in [1.807, 2.05) is 36.0 Å². The van der Waals surface area contributed by atoms with Crippen LogP contribution < -0.4 is 16.2 Å². The first-order chi connectivity index (χ1) is 9.65. The minimum absolute atomic E-state index is 0.123. The number of aryl methyl sites for hydroxylation is 1. The van der Waals surface area contributed by atoms with Crippen molar-refractivity contribution >= 4 is 22.7 Å². The van der Waals surface area contributed by atoms with Gasteiger partial charge in [-0.15, -0.1) is 0 Å². The van der Waals surface area contributed by atoms with Crippen LogP contribution in [0.25, 0.3) is 10.9 Å². The molecule has 20 heavy (non-hydrogen) atoms. The van der Waals surface area contributed by atoms with E-state index in [0.717, 1.165) is 16.6 Å². The Morgan fingerprint density at radius 2 is 2.05 bits per heavy atom. The summed E-state index contributed by atoms with van der Waals surface area (Å²) in [4.78, 5) is 7.70. The number of hydrogen-bond acceptors (Lipinski definition) is 6. The molecule has 0 atom stereocenters. The van der Waals surface area contributed by atoms with E-state index in [2.05, 4.69) is 15.1 Å². The molecule has 0 unspecified atom stereocenters. The van der Waals surface area contributed by atoms with Crippen LogP contribution in [0.2, 0.25) is 0 Å². The molecule has 0 spiro atoms. The molecule has 3 rings (SSSR count). The molecule has 4 N–H and O–H groups in total. The third-order valence-corrected chi connectivity index (χ3v) is 3.00. The van der Waals surface area contributed by atoms with Gasteiger partial charge >= 0.3 is 0 Å². The first-order valence-electron chi connectivity index (χ1n) is 6.06. The Balaban J connectivity index is 1.87. The summed E-state index contributed by atoms with van der Waals surface area (Å²) in [6.45, 7) is 0.291. The molecule has 1 aromatic carbocycles. The predicted octanol–water partition coefficient (Wildman–Crippen LogP) is 1.11. The Morgan fingerprint density at radius 3 is 2.85 bits per heavy atom. The number of ether oxygens (including phenoxy) is 1. The molecule has 7 heteroatoms. The molecule has 0 aliphatic heterocycles. The lowest BCUT2D eigenvalue weighted by atomic mass is 10.2. The summed E-state index contributed by atoms with van der Waals surface area (Å²) in [5.41, 5.74) is 13.0. The molecular formula is C13H14N6O. The molecule has 102 valence electrons. The van der Waals surface area contributed by atoms with Crippen LogP contribution in [-0.2, 0) is 13.7 Å². The standard InChI is InChI=1S/C13H14N6O/c1-19-10-5-3-2-4-8(10)9(18-19)7-20-11-6-16-13(15)17-12(11)14/h2-6H,7H2,1H3,(H4,14,15,16,17). The number of anilines is 2. The van der Waals surface area contributed by atoms with Crippen molar-refractivity contribution in [1.29, 1.82) is 0 Å². The van der Waals surface area contributed by atoms with Gasteiger partial charge in [0.2, 0.25) is 5.95 Å². The SMILES string of the molecule is Cn1nc(COc2cnc(N)nc2N)c2ccccc21. The van der Waals surface area contributed by atoms with Crippen molar-refractivity contribution in [3.8, 4) is 5.75 Å². The van der Waals surface area contributed by atoms with Gasteiger partial charge in [0.15, 0.2) is 11.6 Å². The third-order valence-electron chi connectivity index (χ3n) is 3.00. The van der Waals surface area contributed by atoms with E-state index in [1.165, 1.54) is 6.20 Å². The number of nitrogens with zero attached hydrogens (tertiary/aromatic N) is 4. The number of nitrogen functional groups attached to an aromatic ring is 2. The van der Waals surface area contributed by atoms with Crippen molar-refractivity contribution in [2.75, 3.05) is 11.5 Å².